The van der Waals surface area contributed by atoms with Crippen LogP contribution in [0.25, 0.3) is 0 Å². The number of fused-ring (bicyclic) bond motifs is 1. The van der Waals surface area contributed by atoms with Crippen LogP contribution in [0.4, 0.5) is 0 Å². The predicted octanol–water partition coefficient (Wildman–Crippen LogP) is 1.50. The van der Waals surface area contributed by atoms with Crippen LogP contribution in [0.2, 0.25) is 0 Å². The van der Waals surface area contributed by atoms with Gasteiger partial charge >= 0.3 is 0 Å². The normalized spacial score (nSPS) is 14.3. The molecule has 1 N–H and O–H groups in total. The molecule has 0 bridgehead atoms. The van der Waals surface area contributed by atoms with Crippen LogP contribution in [0.1, 0.15) is 12.8 Å². The molecule has 0 aliphatic carbocycles. The molecule has 0 unspecified atom stereocenters. The molecule has 1 aromatic rings. The molecule has 1 aliphatic heterocycles. The van der Waals surface area contributed by atoms with Crippen molar-refractivity contribution in [3.63, 3.8) is 0 Å². The summed E-state index contributed by atoms with van der Waals surface area (Å²) in [6.45, 7) is 2.37. The smallest absolute Gasteiger partial charge is 0.240 e. The number of hydrogen-bond acceptors (Lipinski definition) is 5. The highest BCUT2D eigenvalue weighted by Crippen LogP contribution is 2.31. The van der Waals surface area contributed by atoms with E-state index in [9.17, 15) is 8.42 Å². The summed E-state index contributed by atoms with van der Waals surface area (Å²) in [5.41, 5.74) is 0. The third-order valence-corrected chi connectivity index (χ3v) is 4.56. The Balaban J connectivity index is 0.00000242. The zero-order chi connectivity index (χ0) is 15.3. The molecule has 0 saturated carbocycles. The first-order valence-corrected chi connectivity index (χ1v) is 8.51. The van der Waals surface area contributed by atoms with Crippen LogP contribution in [0.15, 0.2) is 23.1 Å². The fourth-order valence-corrected chi connectivity index (χ4v) is 3.09. The molecule has 0 atom stereocenters. The summed E-state index contributed by atoms with van der Waals surface area (Å²) in [6, 6.07) is 4.71. The van der Waals surface area contributed by atoms with Crippen molar-refractivity contribution in [2.24, 2.45) is 0 Å². The van der Waals surface area contributed by atoms with E-state index < -0.39 is 10.0 Å². The van der Waals surface area contributed by atoms with E-state index in [4.69, 9.17) is 9.47 Å². The lowest BCUT2D eigenvalue weighted by Gasteiger charge is -2.12. The maximum absolute atomic E-state index is 12.2. The molecule has 1 heterocycles. The SMILES string of the molecule is CN(C)CCCNS(=O)(=O)c1ccc2c(c1)OCCCO2.Cl. The molecule has 1 aromatic carbocycles. The zero-order valence-corrected chi connectivity index (χ0v) is 14.5. The Hall–Kier alpha value is -1.02. The highest BCUT2D eigenvalue weighted by molar-refractivity contribution is 7.89. The number of rotatable bonds is 6. The Kier molecular flexibility index (Phi) is 7.41. The van der Waals surface area contributed by atoms with Crippen molar-refractivity contribution in [2.75, 3.05) is 40.4 Å². The lowest BCUT2D eigenvalue weighted by Crippen LogP contribution is -2.27. The van der Waals surface area contributed by atoms with Gasteiger partial charge in [-0.3, -0.25) is 0 Å². The summed E-state index contributed by atoms with van der Waals surface area (Å²) >= 11 is 0. The van der Waals surface area contributed by atoms with E-state index in [-0.39, 0.29) is 17.3 Å². The minimum absolute atomic E-state index is 0. The summed E-state index contributed by atoms with van der Waals surface area (Å²) < 4.78 is 38.1. The maximum atomic E-state index is 12.2. The van der Waals surface area contributed by atoms with Gasteiger partial charge in [-0.2, -0.15) is 0 Å². The van der Waals surface area contributed by atoms with Gasteiger partial charge in [-0.05, 0) is 39.2 Å². The average Bonchev–Trinajstić information content (AvgIpc) is 2.67. The molecule has 0 radical (unpaired) electrons. The molecule has 0 fully saturated rings. The summed E-state index contributed by atoms with van der Waals surface area (Å²) in [6.07, 6.45) is 1.55. The second-order valence-corrected chi connectivity index (χ2v) is 6.98. The Morgan fingerprint density at radius 1 is 1.18 bits per heavy atom. The highest BCUT2D eigenvalue weighted by Gasteiger charge is 2.18. The number of sulfonamides is 1. The van der Waals surface area contributed by atoms with Gasteiger partial charge in [-0.25, -0.2) is 13.1 Å². The van der Waals surface area contributed by atoms with Crippen LogP contribution in [0.5, 0.6) is 11.5 Å². The van der Waals surface area contributed by atoms with E-state index in [1.165, 1.54) is 6.07 Å². The number of nitrogens with one attached hydrogen (secondary N) is 1. The Labute approximate surface area is 138 Å². The Morgan fingerprint density at radius 2 is 1.86 bits per heavy atom. The monoisotopic (exact) mass is 350 g/mol. The summed E-state index contributed by atoms with van der Waals surface area (Å²) in [4.78, 5) is 2.22. The van der Waals surface area contributed by atoms with Gasteiger partial charge in [0.15, 0.2) is 11.5 Å². The van der Waals surface area contributed by atoms with Crippen LogP contribution >= 0.6 is 12.4 Å². The second kappa shape index (κ2) is 8.57. The molecule has 0 spiro atoms. The van der Waals surface area contributed by atoms with Crippen LogP contribution in [-0.2, 0) is 10.0 Å². The minimum atomic E-state index is -3.51. The van der Waals surface area contributed by atoms with E-state index in [0.717, 1.165) is 19.4 Å². The van der Waals surface area contributed by atoms with Crippen molar-refractivity contribution in [1.82, 2.24) is 9.62 Å². The number of benzene rings is 1. The maximum Gasteiger partial charge on any atom is 0.240 e. The molecule has 8 heteroatoms. The largest absolute Gasteiger partial charge is 0.490 e. The van der Waals surface area contributed by atoms with Gasteiger partial charge in [-0.1, -0.05) is 0 Å². The molecule has 0 aromatic heterocycles. The second-order valence-electron chi connectivity index (χ2n) is 5.21. The Morgan fingerprint density at radius 3 is 2.55 bits per heavy atom. The van der Waals surface area contributed by atoms with Crippen molar-refractivity contribution >= 4 is 22.4 Å². The van der Waals surface area contributed by atoms with Gasteiger partial charge in [0.1, 0.15) is 0 Å². The molecule has 1 aliphatic rings. The van der Waals surface area contributed by atoms with Crippen molar-refractivity contribution in [3.05, 3.63) is 18.2 Å². The van der Waals surface area contributed by atoms with Gasteiger partial charge in [-0.15, -0.1) is 12.4 Å². The van der Waals surface area contributed by atoms with Gasteiger partial charge < -0.3 is 14.4 Å². The van der Waals surface area contributed by atoms with Crippen LogP contribution in [0.3, 0.4) is 0 Å². The van der Waals surface area contributed by atoms with Gasteiger partial charge in [0, 0.05) is 19.0 Å². The first-order valence-electron chi connectivity index (χ1n) is 7.03. The summed E-state index contributed by atoms with van der Waals surface area (Å²) in [5.74, 6) is 1.09. The van der Waals surface area contributed by atoms with E-state index in [1.54, 1.807) is 12.1 Å². The van der Waals surface area contributed by atoms with Gasteiger partial charge in [0.25, 0.3) is 0 Å². The number of halogens is 1. The first kappa shape index (κ1) is 19.0. The number of hydrogen-bond donors (Lipinski definition) is 1. The van der Waals surface area contributed by atoms with Crippen LogP contribution in [0, 0.1) is 0 Å². The van der Waals surface area contributed by atoms with Crippen LogP contribution in [-0.4, -0.2) is 53.7 Å². The molecule has 22 heavy (non-hydrogen) atoms. The van der Waals surface area contributed by atoms with Crippen molar-refractivity contribution < 1.29 is 17.9 Å². The Bertz CT molecular complexity index is 578. The lowest BCUT2D eigenvalue weighted by atomic mass is 10.3. The van der Waals surface area contributed by atoms with E-state index in [1.807, 2.05) is 19.0 Å². The van der Waals surface area contributed by atoms with E-state index in [2.05, 4.69) is 4.72 Å². The molecule has 2 rings (SSSR count). The summed E-state index contributed by atoms with van der Waals surface area (Å²) in [5, 5.41) is 0. The minimum Gasteiger partial charge on any atom is -0.490 e. The lowest BCUT2D eigenvalue weighted by molar-refractivity contribution is 0.297. The van der Waals surface area contributed by atoms with E-state index in [0.29, 0.717) is 31.3 Å². The van der Waals surface area contributed by atoms with Crippen molar-refractivity contribution in [2.45, 2.75) is 17.7 Å². The third kappa shape index (κ3) is 5.31. The molecular weight excluding hydrogens is 328 g/mol. The van der Waals surface area contributed by atoms with Crippen molar-refractivity contribution in [1.29, 1.82) is 0 Å². The number of ether oxygens (including phenoxy) is 2. The molecule has 126 valence electrons. The van der Waals surface area contributed by atoms with Crippen molar-refractivity contribution in [3.8, 4) is 11.5 Å². The molecular formula is C14H23ClN2O4S. The van der Waals surface area contributed by atoms with Gasteiger partial charge in [0.2, 0.25) is 10.0 Å². The molecule has 0 saturated heterocycles. The highest BCUT2D eigenvalue weighted by atomic mass is 35.5. The van der Waals surface area contributed by atoms with Gasteiger partial charge in [0.05, 0.1) is 18.1 Å². The predicted molar refractivity (Wildman–Crippen MR) is 87.7 cm³/mol. The quantitative estimate of drug-likeness (QED) is 0.787. The average molecular weight is 351 g/mol. The first-order chi connectivity index (χ1) is 9.99. The zero-order valence-electron chi connectivity index (χ0n) is 12.9. The summed E-state index contributed by atoms with van der Waals surface area (Å²) in [7, 11) is 0.406. The van der Waals surface area contributed by atoms with Crippen LogP contribution < -0.4 is 14.2 Å². The topological polar surface area (TPSA) is 67.9 Å². The number of nitrogens with zero attached hydrogens (tertiary/aromatic N) is 1. The molecule has 0 amide bonds. The molecule has 6 nitrogen and oxygen atoms in total. The van der Waals surface area contributed by atoms with E-state index >= 15 is 0 Å². The fourth-order valence-electron chi connectivity index (χ4n) is 2.00. The standard InChI is InChI=1S/C14H22N2O4S.ClH/c1-16(2)8-3-7-15-21(17,18)12-5-6-13-14(11-12)20-10-4-9-19-13;/h5-6,11,15H,3-4,7-10H2,1-2H3;1H. The fraction of sp³-hybridized carbons (Fsp3) is 0.571. The third-order valence-electron chi connectivity index (χ3n) is 3.10.